The molecule has 0 aliphatic carbocycles. The Bertz CT molecular complexity index is 2440. The molecule has 0 aromatic carbocycles. The van der Waals surface area contributed by atoms with Gasteiger partial charge in [-0.05, 0) is 0 Å². The summed E-state index contributed by atoms with van der Waals surface area (Å²) < 4.78 is 77.3. The molecule has 0 saturated carbocycles. The lowest BCUT2D eigenvalue weighted by Crippen LogP contribution is -2.72. The average Bonchev–Trinajstić information content (AvgIpc) is 0.776. The topological polar surface area (TPSA) is 630 Å². The maximum atomic E-state index is 12.9. The zero-order valence-electron chi connectivity index (χ0n) is 49.9. The van der Waals surface area contributed by atoms with Gasteiger partial charge in [0, 0.05) is 27.7 Å². The van der Waals surface area contributed by atoms with Crippen LogP contribution in [0.2, 0.25) is 0 Å². The van der Waals surface area contributed by atoms with Crippen molar-refractivity contribution >= 4 is 45.5 Å². The van der Waals surface area contributed by atoms with Crippen LogP contribution in [0.15, 0.2) is 0 Å². The first kappa shape index (κ1) is 76.9. The van der Waals surface area contributed by atoms with E-state index in [2.05, 4.69) is 42.5 Å². The van der Waals surface area contributed by atoms with Gasteiger partial charge in [-0.1, -0.05) is 15.9 Å². The standard InChI is InChI=1S/C51H84BrN5O36/c1-12(64)53-23-33(75)39(20(10-62)81-44(23)57-22(68)5-52)87-47-26(56-15(4)67)34(76)40(21(11-63)86-47)88-48-37(79)41(89-50-42(35(77)29(71)18(8-60)84-50)90-45-24(54-13(2)65)31(73)27(69)16(6-58)82-45)38(80)49(92-48)93-51-43(36(78)30(72)19(9-61)85-51)91-46-25(55-14(3)66)32(74)28(70)17(7-59)83-46/h16-21,23-51,58-63,69-80H,5-11H2,1-4H3,(H,53,64)(H,54,65)(H,55,66)(H,56,67)(H,57,68)/t16?,17-,18?,19?,20?,21?,23?,24?,25?,26?,27+,28-,29+,30+,31-,32?,33-,34-,35?,36+,37?,38-,39+,40+,41-,42?,43?,44-,45+,46-,47+,48-,49?,50+,51+/m1/s1. The van der Waals surface area contributed by atoms with Crippen molar-refractivity contribution in [2.24, 2.45) is 0 Å². The van der Waals surface area contributed by atoms with Gasteiger partial charge in [-0.15, -0.1) is 0 Å². The summed E-state index contributed by atoms with van der Waals surface area (Å²) in [6, 6.07) is -6.92. The van der Waals surface area contributed by atoms with Gasteiger partial charge in [-0.25, -0.2) is 0 Å². The van der Waals surface area contributed by atoms with Gasteiger partial charge in [0.25, 0.3) is 0 Å². The minimum Gasteiger partial charge on any atom is -0.394 e. The fraction of sp³-hybridized carbons (Fsp3) is 0.902. The predicted octanol–water partition coefficient (Wildman–Crippen LogP) is -15.2. The molecule has 0 aromatic heterocycles. The first-order chi connectivity index (χ1) is 44.0. The summed E-state index contributed by atoms with van der Waals surface area (Å²) in [5.74, 6) is -4.04. The monoisotopic (exact) mass is 1420 g/mol. The van der Waals surface area contributed by atoms with Crippen LogP contribution in [-0.4, -0.2) is 381 Å². The molecule has 7 heterocycles. The van der Waals surface area contributed by atoms with Crippen molar-refractivity contribution in [1.29, 1.82) is 0 Å². The number of amides is 5. The summed E-state index contributed by atoms with van der Waals surface area (Å²) in [5.41, 5.74) is 0. The van der Waals surface area contributed by atoms with E-state index in [4.69, 9.17) is 61.6 Å². The van der Waals surface area contributed by atoms with Gasteiger partial charge in [0.2, 0.25) is 29.5 Å². The third-order valence-corrected chi connectivity index (χ3v) is 16.8. The van der Waals surface area contributed by atoms with Crippen LogP contribution >= 0.6 is 15.9 Å². The van der Waals surface area contributed by atoms with Crippen LogP contribution in [0.5, 0.6) is 0 Å². The fourth-order valence-electron chi connectivity index (χ4n) is 11.6. The number of aliphatic hydroxyl groups excluding tert-OH is 18. The first-order valence-corrected chi connectivity index (χ1v) is 30.4. The van der Waals surface area contributed by atoms with Crippen LogP contribution in [0.25, 0.3) is 0 Å². The number of carbonyl (C=O) groups excluding carboxylic acids is 5. The quantitative estimate of drug-likeness (QED) is 0.0399. The second-order valence-electron chi connectivity index (χ2n) is 22.9. The molecular formula is C51H84BrN5O36. The van der Waals surface area contributed by atoms with Crippen molar-refractivity contribution in [1.82, 2.24) is 26.6 Å². The van der Waals surface area contributed by atoms with Crippen molar-refractivity contribution in [3.8, 4) is 0 Å². The molecule has 0 aromatic rings. The van der Waals surface area contributed by atoms with E-state index in [0.29, 0.717) is 0 Å². The Morgan fingerprint density at radius 3 is 0.978 bits per heavy atom. The lowest BCUT2D eigenvalue weighted by atomic mass is 9.93. The van der Waals surface area contributed by atoms with Crippen LogP contribution < -0.4 is 26.6 Å². The van der Waals surface area contributed by atoms with E-state index in [1.54, 1.807) is 0 Å². The molecule has 5 amide bonds. The minimum atomic E-state index is -2.56. The normalized spacial score (nSPS) is 46.4. The molecule has 42 heteroatoms. The second-order valence-corrected chi connectivity index (χ2v) is 23.5. The Hall–Kier alpha value is -3.41. The molecule has 7 fully saturated rings. The zero-order chi connectivity index (χ0) is 68.8. The number of hydrogen-bond donors (Lipinski definition) is 23. The number of ether oxygens (including phenoxy) is 13. The maximum Gasteiger partial charge on any atom is 0.232 e. The summed E-state index contributed by atoms with van der Waals surface area (Å²) in [4.78, 5) is 62.5. The van der Waals surface area contributed by atoms with E-state index in [1.165, 1.54) is 0 Å². The molecule has 23 N–H and O–H groups in total. The maximum absolute atomic E-state index is 12.9. The van der Waals surface area contributed by atoms with E-state index in [9.17, 15) is 116 Å². The van der Waals surface area contributed by atoms with Gasteiger partial charge in [0.05, 0.1) is 45.0 Å². The first-order valence-electron chi connectivity index (χ1n) is 29.2. The Balaban J connectivity index is 1.28. The number of carbonyl (C=O) groups is 5. The van der Waals surface area contributed by atoms with Crippen molar-refractivity contribution in [3.63, 3.8) is 0 Å². The lowest BCUT2D eigenvalue weighted by Gasteiger charge is -2.51. The molecule has 7 aliphatic heterocycles. The van der Waals surface area contributed by atoms with Gasteiger partial charge in [-0.3, -0.25) is 24.0 Å². The summed E-state index contributed by atoms with van der Waals surface area (Å²) in [6.45, 7) is -2.32. The second kappa shape index (κ2) is 33.9. The van der Waals surface area contributed by atoms with E-state index in [-0.39, 0.29) is 5.33 Å². The van der Waals surface area contributed by atoms with Gasteiger partial charge in [0.1, 0.15) is 165 Å². The van der Waals surface area contributed by atoms with Crippen molar-refractivity contribution in [2.75, 3.05) is 45.0 Å². The van der Waals surface area contributed by atoms with Crippen LogP contribution in [0, 0.1) is 0 Å². The summed E-state index contributed by atoms with van der Waals surface area (Å²) in [5, 5.41) is 212. The molecular weight excluding hydrogens is 1340 g/mol. The molecule has 0 radical (unpaired) electrons. The molecule has 15 unspecified atom stereocenters. The summed E-state index contributed by atoms with van der Waals surface area (Å²) in [7, 11) is 0. The van der Waals surface area contributed by atoms with E-state index in [1.807, 2.05) is 0 Å². The van der Waals surface area contributed by atoms with Crippen LogP contribution in [0.3, 0.4) is 0 Å². The van der Waals surface area contributed by atoms with Gasteiger partial charge < -0.3 is 180 Å². The van der Waals surface area contributed by atoms with Gasteiger partial charge >= 0.3 is 0 Å². The zero-order valence-corrected chi connectivity index (χ0v) is 51.5. The van der Waals surface area contributed by atoms with Gasteiger partial charge in [0.15, 0.2) is 50.3 Å². The summed E-state index contributed by atoms with van der Waals surface area (Å²) in [6.07, 6.45) is -64.2. The fourth-order valence-corrected chi connectivity index (χ4v) is 11.8. The Kier molecular flexibility index (Phi) is 28.1. The van der Waals surface area contributed by atoms with Crippen molar-refractivity contribution in [3.05, 3.63) is 0 Å². The molecule has 41 nitrogen and oxygen atoms in total. The Morgan fingerprint density at radius 2 is 0.591 bits per heavy atom. The molecule has 7 rings (SSSR count). The highest BCUT2D eigenvalue weighted by Gasteiger charge is 2.60. The SMILES string of the molecule is CC(=O)NC1C(O)[C@H](O)[C@@H](CO)O[C@@H]1OC1[C@H](OC2O[C@@H](O[C@H]3C(CO)O[C@@H](O[C@H]4C(CO)O[C@@H](NC(=O)CBr)C(NC(C)=O)[C@H]4O)C(NC(C)=O)[C@H]3O)C(O)[C@@H](O[C@@H]3OC(CO)[C@H](O)C(O)C3O[C@@H]3OC(CO)[C@H](O)[C@H](O)C3NC(C)=O)[C@H]2O)OC(CO)[C@H](O)[C@@H]1O. The number of alkyl halides is 1. The number of halogens is 1. The largest absolute Gasteiger partial charge is 0.394 e. The highest BCUT2D eigenvalue weighted by molar-refractivity contribution is 9.09. The molecule has 93 heavy (non-hydrogen) atoms. The molecule has 536 valence electrons. The highest BCUT2D eigenvalue weighted by atomic mass is 79.9. The van der Waals surface area contributed by atoms with Crippen molar-refractivity contribution in [2.45, 2.75) is 243 Å². The number of aliphatic hydroxyl groups is 18. The average molecular weight is 1420 g/mol. The van der Waals surface area contributed by atoms with Crippen LogP contribution in [0.4, 0.5) is 0 Å². The third-order valence-electron chi connectivity index (χ3n) is 16.3. The highest BCUT2D eigenvalue weighted by Crippen LogP contribution is 2.39. The van der Waals surface area contributed by atoms with Crippen LogP contribution in [-0.2, 0) is 85.6 Å². The van der Waals surface area contributed by atoms with E-state index >= 15 is 0 Å². The molecule has 7 aliphatic rings. The van der Waals surface area contributed by atoms with Crippen molar-refractivity contribution < 1.29 is 177 Å². The molecule has 0 spiro atoms. The van der Waals surface area contributed by atoms with E-state index in [0.717, 1.165) is 27.7 Å². The molecule has 7 saturated heterocycles. The summed E-state index contributed by atoms with van der Waals surface area (Å²) >= 11 is 2.97. The van der Waals surface area contributed by atoms with Crippen LogP contribution in [0.1, 0.15) is 27.7 Å². The van der Waals surface area contributed by atoms with E-state index < -0.39 is 284 Å². The number of nitrogens with one attached hydrogen (secondary N) is 5. The lowest BCUT2D eigenvalue weighted by molar-refractivity contribution is -0.432. The third kappa shape index (κ3) is 17.5. The Labute approximate surface area is 535 Å². The van der Waals surface area contributed by atoms with Gasteiger partial charge in [-0.2, -0.15) is 0 Å². The number of rotatable bonds is 24. The molecule has 0 bridgehead atoms. The number of hydrogen-bond acceptors (Lipinski definition) is 36. The minimum absolute atomic E-state index is 0.270. The Morgan fingerprint density at radius 1 is 0.301 bits per heavy atom. The smallest absolute Gasteiger partial charge is 0.232 e. The molecule has 35 atom stereocenters. The predicted molar refractivity (Wildman–Crippen MR) is 293 cm³/mol.